The fraction of sp³-hybridized carbons (Fsp3) is 0.125. The molecule has 1 atom stereocenters. The summed E-state index contributed by atoms with van der Waals surface area (Å²) in [5.41, 5.74) is 0.473. The van der Waals surface area contributed by atoms with E-state index >= 15 is 0 Å². The highest BCUT2D eigenvalue weighted by Crippen LogP contribution is 2.42. The molecule has 0 saturated carbocycles. The van der Waals surface area contributed by atoms with Crippen molar-refractivity contribution in [3.63, 3.8) is 0 Å². The minimum Gasteiger partial charge on any atom is -0.507 e. The lowest BCUT2D eigenvalue weighted by molar-refractivity contribution is 0.245. The van der Waals surface area contributed by atoms with Crippen molar-refractivity contribution in [1.82, 2.24) is 0 Å². The van der Waals surface area contributed by atoms with Crippen LogP contribution in [-0.4, -0.2) is 38.7 Å². The number of methoxy groups -OCH3 is 1. The molecular weight excluding hydrogens is 304 g/mol. The second kappa shape index (κ2) is 5.29. The van der Waals surface area contributed by atoms with Crippen LogP contribution in [0.3, 0.4) is 0 Å². The topological polar surface area (TPSA) is 120 Å². The lowest BCUT2D eigenvalue weighted by Crippen LogP contribution is -2.15. The molecule has 0 aromatic heterocycles. The molecule has 120 valence electrons. The molecule has 0 bridgehead atoms. The van der Waals surface area contributed by atoms with Crippen LogP contribution in [0.1, 0.15) is 5.56 Å². The molecule has 1 unspecified atom stereocenters. The van der Waals surface area contributed by atoms with Crippen LogP contribution in [-0.2, 0) is 4.74 Å². The maximum atomic E-state index is 10.1. The van der Waals surface area contributed by atoms with Crippen molar-refractivity contribution in [2.45, 2.75) is 6.10 Å². The van der Waals surface area contributed by atoms with Gasteiger partial charge in [0.1, 0.15) is 11.5 Å². The van der Waals surface area contributed by atoms with E-state index in [-0.39, 0.29) is 39.9 Å². The second-order valence-corrected chi connectivity index (χ2v) is 4.99. The zero-order valence-corrected chi connectivity index (χ0v) is 12.0. The summed E-state index contributed by atoms with van der Waals surface area (Å²) in [4.78, 5) is 0. The van der Waals surface area contributed by atoms with Crippen molar-refractivity contribution in [2.24, 2.45) is 0 Å². The third kappa shape index (κ3) is 2.47. The first kappa shape index (κ1) is 14.9. The molecule has 0 radical (unpaired) electrons. The molecule has 7 heteroatoms. The summed E-state index contributed by atoms with van der Waals surface area (Å²) < 4.78 is 10.5. The highest BCUT2D eigenvalue weighted by Gasteiger charge is 2.28. The fourth-order valence-electron chi connectivity index (χ4n) is 2.36. The van der Waals surface area contributed by atoms with Gasteiger partial charge in [-0.2, -0.15) is 0 Å². The van der Waals surface area contributed by atoms with Gasteiger partial charge >= 0.3 is 0 Å². The van der Waals surface area contributed by atoms with Crippen molar-refractivity contribution >= 4 is 5.76 Å². The average Bonchev–Trinajstić information content (AvgIpc) is 2.50. The smallest absolute Gasteiger partial charge is 0.200 e. The molecule has 0 spiro atoms. The molecular formula is C16H14O7. The zero-order chi connectivity index (χ0) is 16.7. The van der Waals surface area contributed by atoms with E-state index in [1.807, 2.05) is 0 Å². The Kier molecular flexibility index (Phi) is 3.42. The van der Waals surface area contributed by atoms with Gasteiger partial charge in [-0.25, -0.2) is 0 Å². The van der Waals surface area contributed by atoms with Crippen molar-refractivity contribution < 1.29 is 35.0 Å². The van der Waals surface area contributed by atoms with Gasteiger partial charge in [-0.05, 0) is 30.4 Å². The number of hydrogen-bond acceptors (Lipinski definition) is 7. The van der Waals surface area contributed by atoms with Crippen LogP contribution in [0.15, 0.2) is 53.2 Å². The molecule has 2 aliphatic rings. The molecule has 5 N–H and O–H groups in total. The molecule has 1 aromatic rings. The van der Waals surface area contributed by atoms with Crippen LogP contribution in [0.4, 0.5) is 0 Å². The van der Waals surface area contributed by atoms with Crippen LogP contribution in [0.25, 0.3) is 5.76 Å². The second-order valence-electron chi connectivity index (χ2n) is 4.99. The quantitative estimate of drug-likeness (QED) is 0.529. The molecule has 0 fully saturated rings. The highest BCUT2D eigenvalue weighted by atomic mass is 16.5. The first-order chi connectivity index (χ1) is 10.9. The molecule has 7 nitrogen and oxygen atoms in total. The number of benzene rings is 1. The Labute approximate surface area is 131 Å². The van der Waals surface area contributed by atoms with Gasteiger partial charge in [0.15, 0.2) is 23.0 Å². The number of ether oxygens (including phenoxy) is 2. The van der Waals surface area contributed by atoms with Gasteiger partial charge in [0.2, 0.25) is 5.75 Å². The normalized spacial score (nSPS) is 20.1. The molecule has 0 saturated heterocycles. The fourth-order valence-corrected chi connectivity index (χ4v) is 2.36. The number of allylic oxidation sites excluding steroid dienone is 1. The maximum absolute atomic E-state index is 10.1. The van der Waals surface area contributed by atoms with Crippen molar-refractivity contribution in [1.29, 1.82) is 0 Å². The number of rotatable bonds is 2. The predicted molar refractivity (Wildman–Crippen MR) is 79.8 cm³/mol. The number of phenolic OH excluding ortho intramolecular Hbond substituents is 2. The number of aliphatic hydroxyl groups is 3. The van der Waals surface area contributed by atoms with Gasteiger partial charge in [0, 0.05) is 5.56 Å². The Morgan fingerprint density at radius 2 is 1.83 bits per heavy atom. The summed E-state index contributed by atoms with van der Waals surface area (Å²) >= 11 is 0. The number of aliphatic hydroxyl groups excluding tert-OH is 3. The zero-order valence-electron chi connectivity index (χ0n) is 12.0. The molecule has 0 amide bonds. The molecule has 1 aromatic carbocycles. The SMILES string of the molecule is COc1cc(C2=C(O)C=C3C(O)=CC(O)C=C3O2)cc(O)c1O. The molecule has 1 aliphatic carbocycles. The summed E-state index contributed by atoms with van der Waals surface area (Å²) in [6.45, 7) is 0. The summed E-state index contributed by atoms with van der Waals surface area (Å²) in [7, 11) is 1.31. The standard InChI is InChI=1S/C16H14O7/c1-22-14-3-7(2-11(19)15(14)21)16-12(20)6-9-10(18)4-8(17)5-13(9)23-16/h2-6,8,17-21H,1H3. The highest BCUT2D eigenvalue weighted by molar-refractivity contribution is 5.73. The third-order valence-corrected chi connectivity index (χ3v) is 3.45. The summed E-state index contributed by atoms with van der Waals surface area (Å²) in [6.07, 6.45) is 2.81. The van der Waals surface area contributed by atoms with Crippen LogP contribution in [0.5, 0.6) is 17.2 Å². The van der Waals surface area contributed by atoms with Crippen LogP contribution in [0.2, 0.25) is 0 Å². The van der Waals surface area contributed by atoms with E-state index in [0.29, 0.717) is 0 Å². The predicted octanol–water partition coefficient (Wildman–Crippen LogP) is 1.99. The van der Waals surface area contributed by atoms with Gasteiger partial charge < -0.3 is 35.0 Å². The Morgan fingerprint density at radius 3 is 2.52 bits per heavy atom. The van der Waals surface area contributed by atoms with E-state index in [1.165, 1.54) is 37.5 Å². The molecule has 23 heavy (non-hydrogen) atoms. The van der Waals surface area contributed by atoms with Gasteiger partial charge in [0.25, 0.3) is 0 Å². The third-order valence-electron chi connectivity index (χ3n) is 3.45. The number of aromatic hydroxyl groups is 2. The Bertz CT molecular complexity index is 799. The van der Waals surface area contributed by atoms with E-state index in [2.05, 4.69) is 0 Å². The Balaban J connectivity index is 2.11. The largest absolute Gasteiger partial charge is 0.507 e. The van der Waals surface area contributed by atoms with Crippen LogP contribution in [0, 0.1) is 0 Å². The molecule has 3 rings (SSSR count). The molecule has 1 aliphatic heterocycles. The van der Waals surface area contributed by atoms with Gasteiger partial charge in [0.05, 0.1) is 18.8 Å². The molecule has 1 heterocycles. The van der Waals surface area contributed by atoms with E-state index in [1.54, 1.807) is 0 Å². The van der Waals surface area contributed by atoms with E-state index in [0.717, 1.165) is 0 Å². The number of phenols is 2. The monoisotopic (exact) mass is 318 g/mol. The van der Waals surface area contributed by atoms with Crippen molar-refractivity contribution in [3.8, 4) is 17.2 Å². The minimum atomic E-state index is -1.02. The first-order valence-electron chi connectivity index (χ1n) is 6.65. The summed E-state index contributed by atoms with van der Waals surface area (Å²) in [6, 6.07) is 2.56. The van der Waals surface area contributed by atoms with E-state index in [4.69, 9.17) is 9.47 Å². The van der Waals surface area contributed by atoms with Crippen molar-refractivity contribution in [3.05, 3.63) is 58.8 Å². The Hall–Kier alpha value is -3.06. The average molecular weight is 318 g/mol. The lowest BCUT2D eigenvalue weighted by Gasteiger charge is -2.24. The minimum absolute atomic E-state index is 0.000854. The van der Waals surface area contributed by atoms with Gasteiger partial charge in [-0.1, -0.05) is 0 Å². The number of hydrogen-bond donors (Lipinski definition) is 5. The maximum Gasteiger partial charge on any atom is 0.200 e. The Morgan fingerprint density at radius 1 is 1.09 bits per heavy atom. The first-order valence-corrected chi connectivity index (χ1v) is 6.65. The van der Waals surface area contributed by atoms with Gasteiger partial charge in [-0.15, -0.1) is 0 Å². The van der Waals surface area contributed by atoms with Gasteiger partial charge in [-0.3, -0.25) is 0 Å². The van der Waals surface area contributed by atoms with E-state index < -0.39 is 17.6 Å². The summed E-state index contributed by atoms with van der Waals surface area (Å²) in [5, 5.41) is 48.9. The van der Waals surface area contributed by atoms with Crippen LogP contribution < -0.4 is 4.74 Å². The van der Waals surface area contributed by atoms with Crippen LogP contribution >= 0.6 is 0 Å². The lowest BCUT2D eigenvalue weighted by atomic mass is 9.99. The van der Waals surface area contributed by atoms with Crippen molar-refractivity contribution in [2.75, 3.05) is 7.11 Å². The summed E-state index contributed by atoms with van der Waals surface area (Å²) in [5.74, 6) is -1.24. The van der Waals surface area contributed by atoms with E-state index in [9.17, 15) is 25.5 Å². The number of fused-ring (bicyclic) bond motifs is 1.